The molecule has 4 nitrogen and oxygen atoms in total. The van der Waals surface area contributed by atoms with Crippen molar-refractivity contribution in [3.05, 3.63) is 28.2 Å². The van der Waals surface area contributed by atoms with Gasteiger partial charge in [-0.3, -0.25) is 4.79 Å². The van der Waals surface area contributed by atoms with Crippen molar-refractivity contribution in [1.82, 2.24) is 5.32 Å². The zero-order valence-electron chi connectivity index (χ0n) is 10.3. The average Bonchev–Trinajstić information content (AvgIpc) is 2.30. The lowest BCUT2D eigenvalue weighted by Crippen LogP contribution is -2.18. The monoisotopic (exact) mass is 355 g/mol. The van der Waals surface area contributed by atoms with E-state index in [0.717, 1.165) is 5.56 Å². The molecule has 0 fully saturated rings. The van der Waals surface area contributed by atoms with E-state index in [1.807, 2.05) is 0 Å². The molecule has 1 rings (SSSR count). The van der Waals surface area contributed by atoms with Crippen LogP contribution in [0.3, 0.4) is 0 Å². The standard InChI is InChI=1S/C12H13BrF3NO3/c13-9-6-8(7-17-5-1-2-11(18)19)3-4-10(9)20-12(14,15)16/h3-4,6,17H,1-2,5,7H2,(H,18,19). The molecule has 0 atom stereocenters. The molecule has 0 amide bonds. The summed E-state index contributed by atoms with van der Waals surface area (Å²) in [5.41, 5.74) is 0.765. The third-order valence-electron chi connectivity index (χ3n) is 2.30. The van der Waals surface area contributed by atoms with Crippen molar-refractivity contribution in [3.8, 4) is 5.75 Å². The highest BCUT2D eigenvalue weighted by atomic mass is 79.9. The van der Waals surface area contributed by atoms with Gasteiger partial charge >= 0.3 is 12.3 Å². The minimum atomic E-state index is -4.72. The zero-order chi connectivity index (χ0) is 15.2. The van der Waals surface area contributed by atoms with Crippen LogP contribution in [0.5, 0.6) is 5.75 Å². The molecule has 112 valence electrons. The van der Waals surface area contributed by atoms with E-state index in [0.29, 0.717) is 19.5 Å². The maximum atomic E-state index is 12.1. The van der Waals surface area contributed by atoms with Gasteiger partial charge in [0.05, 0.1) is 4.47 Å². The molecule has 1 aromatic rings. The molecule has 0 saturated heterocycles. The first kappa shape index (κ1) is 16.8. The first-order valence-electron chi connectivity index (χ1n) is 5.74. The molecule has 0 saturated carbocycles. The van der Waals surface area contributed by atoms with Crippen LogP contribution in [-0.4, -0.2) is 24.0 Å². The topological polar surface area (TPSA) is 58.6 Å². The minimum absolute atomic E-state index is 0.0784. The number of halogens is 4. The van der Waals surface area contributed by atoms with Crippen LogP contribution in [0.25, 0.3) is 0 Å². The molecule has 0 unspecified atom stereocenters. The van der Waals surface area contributed by atoms with E-state index < -0.39 is 12.3 Å². The van der Waals surface area contributed by atoms with Crippen molar-refractivity contribution in [2.24, 2.45) is 0 Å². The van der Waals surface area contributed by atoms with Gasteiger partial charge in [0.1, 0.15) is 5.75 Å². The molecule has 0 aromatic heterocycles. The quantitative estimate of drug-likeness (QED) is 0.736. The molecule has 1 aromatic carbocycles. The van der Waals surface area contributed by atoms with Crippen LogP contribution in [0.2, 0.25) is 0 Å². The molecule has 0 radical (unpaired) electrons. The van der Waals surface area contributed by atoms with Gasteiger partial charge in [0.2, 0.25) is 0 Å². The van der Waals surface area contributed by atoms with E-state index in [-0.39, 0.29) is 16.6 Å². The molecular formula is C12H13BrF3NO3. The number of ether oxygens (including phenoxy) is 1. The fraction of sp³-hybridized carbons (Fsp3) is 0.417. The Morgan fingerprint density at radius 1 is 1.40 bits per heavy atom. The second kappa shape index (κ2) is 7.49. The fourth-order valence-electron chi connectivity index (χ4n) is 1.46. The second-order valence-electron chi connectivity index (χ2n) is 3.99. The van der Waals surface area contributed by atoms with Gasteiger partial charge in [-0.1, -0.05) is 6.07 Å². The van der Waals surface area contributed by atoms with Crippen molar-refractivity contribution in [1.29, 1.82) is 0 Å². The van der Waals surface area contributed by atoms with E-state index in [9.17, 15) is 18.0 Å². The Labute approximate surface area is 122 Å². The highest BCUT2D eigenvalue weighted by molar-refractivity contribution is 9.10. The molecule has 0 aliphatic rings. The zero-order valence-corrected chi connectivity index (χ0v) is 11.9. The summed E-state index contributed by atoms with van der Waals surface area (Å²) in [5.74, 6) is -1.16. The maximum Gasteiger partial charge on any atom is 0.573 e. The van der Waals surface area contributed by atoms with E-state index in [1.165, 1.54) is 18.2 Å². The number of alkyl halides is 3. The number of benzene rings is 1. The van der Waals surface area contributed by atoms with Crippen LogP contribution < -0.4 is 10.1 Å². The van der Waals surface area contributed by atoms with Gasteiger partial charge in [-0.05, 0) is 46.6 Å². The normalized spacial score (nSPS) is 11.4. The predicted octanol–water partition coefficient (Wildman–Crippen LogP) is 3.30. The first-order chi connectivity index (χ1) is 9.28. The number of carboxylic acids is 1. The number of rotatable bonds is 7. The van der Waals surface area contributed by atoms with E-state index in [2.05, 4.69) is 26.0 Å². The van der Waals surface area contributed by atoms with Crippen molar-refractivity contribution >= 4 is 21.9 Å². The lowest BCUT2D eigenvalue weighted by atomic mass is 10.2. The Kier molecular flexibility index (Phi) is 6.28. The summed E-state index contributed by atoms with van der Waals surface area (Å²) in [5, 5.41) is 11.5. The van der Waals surface area contributed by atoms with Gasteiger partial charge in [-0.25, -0.2) is 0 Å². The minimum Gasteiger partial charge on any atom is -0.481 e. The van der Waals surface area contributed by atoms with Gasteiger partial charge in [0, 0.05) is 13.0 Å². The number of hydrogen-bond donors (Lipinski definition) is 2. The summed E-state index contributed by atoms with van der Waals surface area (Å²) in [6, 6.07) is 4.26. The number of nitrogens with one attached hydrogen (secondary N) is 1. The van der Waals surface area contributed by atoms with Crippen LogP contribution in [0.15, 0.2) is 22.7 Å². The second-order valence-corrected chi connectivity index (χ2v) is 4.84. The molecule has 0 aliphatic heterocycles. The van der Waals surface area contributed by atoms with Crippen molar-refractivity contribution in [3.63, 3.8) is 0 Å². The molecule has 0 spiro atoms. The van der Waals surface area contributed by atoms with E-state index in [4.69, 9.17) is 5.11 Å². The van der Waals surface area contributed by atoms with Gasteiger partial charge in [0.25, 0.3) is 0 Å². The number of carbonyl (C=O) groups is 1. The molecule has 2 N–H and O–H groups in total. The van der Waals surface area contributed by atoms with Gasteiger partial charge in [-0.15, -0.1) is 13.2 Å². The molecule has 8 heteroatoms. The predicted molar refractivity (Wildman–Crippen MR) is 69.4 cm³/mol. The maximum absolute atomic E-state index is 12.1. The summed E-state index contributed by atoms with van der Waals surface area (Å²) < 4.78 is 40.2. The number of carboxylic acid groups (broad SMARTS) is 1. The van der Waals surface area contributed by atoms with Crippen molar-refractivity contribution in [2.45, 2.75) is 25.7 Å². The number of aliphatic carboxylic acids is 1. The Morgan fingerprint density at radius 3 is 2.65 bits per heavy atom. The molecule has 0 heterocycles. The SMILES string of the molecule is O=C(O)CCCNCc1ccc(OC(F)(F)F)c(Br)c1. The molecular weight excluding hydrogens is 343 g/mol. The lowest BCUT2D eigenvalue weighted by molar-refractivity contribution is -0.274. The highest BCUT2D eigenvalue weighted by Gasteiger charge is 2.31. The van der Waals surface area contributed by atoms with Crippen LogP contribution in [0.1, 0.15) is 18.4 Å². The van der Waals surface area contributed by atoms with Crippen LogP contribution >= 0.6 is 15.9 Å². The summed E-state index contributed by atoms with van der Waals surface area (Å²) in [7, 11) is 0. The summed E-state index contributed by atoms with van der Waals surface area (Å²) in [6.45, 7) is 0.954. The summed E-state index contributed by atoms with van der Waals surface area (Å²) in [6.07, 6.45) is -4.15. The largest absolute Gasteiger partial charge is 0.573 e. The van der Waals surface area contributed by atoms with Gasteiger partial charge < -0.3 is 15.2 Å². The number of hydrogen-bond acceptors (Lipinski definition) is 3. The smallest absolute Gasteiger partial charge is 0.481 e. The third kappa shape index (κ3) is 6.76. The average molecular weight is 356 g/mol. The van der Waals surface area contributed by atoms with Crippen molar-refractivity contribution in [2.75, 3.05) is 6.54 Å². The summed E-state index contributed by atoms with van der Waals surface area (Å²) >= 11 is 3.01. The molecule has 0 aliphatic carbocycles. The van der Waals surface area contributed by atoms with Crippen molar-refractivity contribution < 1.29 is 27.8 Å². The molecule has 20 heavy (non-hydrogen) atoms. The highest BCUT2D eigenvalue weighted by Crippen LogP contribution is 2.30. The Bertz CT molecular complexity index is 466. The summed E-state index contributed by atoms with van der Waals surface area (Å²) in [4.78, 5) is 10.3. The lowest BCUT2D eigenvalue weighted by Gasteiger charge is -2.11. The van der Waals surface area contributed by atoms with Crippen LogP contribution in [0, 0.1) is 0 Å². The van der Waals surface area contributed by atoms with E-state index in [1.54, 1.807) is 0 Å². The fourth-order valence-corrected chi connectivity index (χ4v) is 1.97. The molecule has 0 bridgehead atoms. The van der Waals surface area contributed by atoms with E-state index >= 15 is 0 Å². The van der Waals surface area contributed by atoms with Gasteiger partial charge in [0.15, 0.2) is 0 Å². The first-order valence-corrected chi connectivity index (χ1v) is 6.54. The Morgan fingerprint density at radius 2 is 2.10 bits per heavy atom. The Balaban J connectivity index is 2.45. The Hall–Kier alpha value is -1.28. The third-order valence-corrected chi connectivity index (χ3v) is 2.92. The van der Waals surface area contributed by atoms with Crippen LogP contribution in [0.4, 0.5) is 13.2 Å². The van der Waals surface area contributed by atoms with Crippen LogP contribution in [-0.2, 0) is 11.3 Å². The van der Waals surface area contributed by atoms with Gasteiger partial charge in [-0.2, -0.15) is 0 Å².